The molecule has 2 unspecified atom stereocenters. The number of pyridine rings is 1. The highest BCUT2D eigenvalue weighted by molar-refractivity contribution is 5.26. The molecule has 0 saturated heterocycles. The second kappa shape index (κ2) is 6.12. The third kappa shape index (κ3) is 3.05. The molecule has 0 fully saturated rings. The Morgan fingerprint density at radius 3 is 3.12 bits per heavy atom. The Morgan fingerprint density at radius 1 is 1.41 bits per heavy atom. The molecule has 1 aromatic heterocycles. The van der Waals surface area contributed by atoms with Gasteiger partial charge in [-0.1, -0.05) is 12.5 Å². The zero-order chi connectivity index (χ0) is 12.1. The third-order valence-corrected chi connectivity index (χ3v) is 3.75. The molecule has 0 amide bonds. The molecule has 94 valence electrons. The summed E-state index contributed by atoms with van der Waals surface area (Å²) >= 11 is 0. The first kappa shape index (κ1) is 12.5. The lowest BCUT2D eigenvalue weighted by Crippen LogP contribution is -2.30. The van der Waals surface area contributed by atoms with E-state index >= 15 is 0 Å². The van der Waals surface area contributed by atoms with Crippen molar-refractivity contribution in [3.63, 3.8) is 0 Å². The molecule has 1 aromatic rings. The van der Waals surface area contributed by atoms with Gasteiger partial charge in [-0.05, 0) is 50.3 Å². The van der Waals surface area contributed by atoms with Crippen molar-refractivity contribution in [3.05, 3.63) is 29.6 Å². The van der Waals surface area contributed by atoms with Crippen LogP contribution in [0.3, 0.4) is 0 Å². The molecular formula is C14H23N3. The highest BCUT2D eigenvalue weighted by atomic mass is 14.7. The van der Waals surface area contributed by atoms with Gasteiger partial charge in [-0.25, -0.2) is 0 Å². The summed E-state index contributed by atoms with van der Waals surface area (Å²) in [5.41, 5.74) is 14.5. The predicted molar refractivity (Wildman–Crippen MR) is 70.8 cm³/mol. The first-order chi connectivity index (χ1) is 8.33. The summed E-state index contributed by atoms with van der Waals surface area (Å²) in [7, 11) is 0. The lowest BCUT2D eigenvalue weighted by atomic mass is 9.88. The quantitative estimate of drug-likeness (QED) is 0.781. The maximum absolute atomic E-state index is 6.32. The standard InChI is InChI=1S/C14H23N3/c15-9-3-8-13(16)12-7-2-1-5-11-6-4-10-17-14(11)12/h4,6,10,12-13H,1-3,5,7-9,15-16H2. The highest BCUT2D eigenvalue weighted by Crippen LogP contribution is 2.31. The number of rotatable bonds is 4. The molecule has 17 heavy (non-hydrogen) atoms. The Bertz CT molecular complexity index is 351. The lowest BCUT2D eigenvalue weighted by Gasteiger charge is -2.23. The van der Waals surface area contributed by atoms with Crippen LogP contribution in [0.1, 0.15) is 49.3 Å². The van der Waals surface area contributed by atoms with E-state index in [9.17, 15) is 0 Å². The molecule has 4 N–H and O–H groups in total. The number of fused-ring (bicyclic) bond motifs is 1. The molecule has 1 aliphatic carbocycles. The van der Waals surface area contributed by atoms with Crippen molar-refractivity contribution in [2.24, 2.45) is 11.5 Å². The first-order valence-corrected chi connectivity index (χ1v) is 6.72. The van der Waals surface area contributed by atoms with Gasteiger partial charge in [-0.15, -0.1) is 0 Å². The number of aryl methyl sites for hydroxylation is 1. The van der Waals surface area contributed by atoms with E-state index in [-0.39, 0.29) is 6.04 Å². The van der Waals surface area contributed by atoms with Gasteiger partial charge in [0, 0.05) is 23.9 Å². The third-order valence-electron chi connectivity index (χ3n) is 3.75. The van der Waals surface area contributed by atoms with Crippen LogP contribution in [0.2, 0.25) is 0 Å². The summed E-state index contributed by atoms with van der Waals surface area (Å²) in [6.07, 6.45) is 8.78. The molecule has 2 rings (SSSR count). The van der Waals surface area contributed by atoms with Gasteiger partial charge >= 0.3 is 0 Å². The average Bonchev–Trinajstić information content (AvgIpc) is 2.58. The second-order valence-electron chi connectivity index (χ2n) is 4.99. The van der Waals surface area contributed by atoms with Crippen molar-refractivity contribution in [2.75, 3.05) is 6.54 Å². The van der Waals surface area contributed by atoms with Gasteiger partial charge in [-0.2, -0.15) is 0 Å². The molecule has 3 heteroatoms. The number of aromatic nitrogens is 1. The number of hydrogen-bond acceptors (Lipinski definition) is 3. The Morgan fingerprint density at radius 2 is 2.29 bits per heavy atom. The van der Waals surface area contributed by atoms with E-state index in [0.29, 0.717) is 5.92 Å². The van der Waals surface area contributed by atoms with Crippen LogP contribution >= 0.6 is 0 Å². The highest BCUT2D eigenvalue weighted by Gasteiger charge is 2.24. The summed E-state index contributed by atoms with van der Waals surface area (Å²) in [6, 6.07) is 4.45. The molecule has 1 aliphatic rings. The van der Waals surface area contributed by atoms with Crippen LogP contribution in [-0.2, 0) is 6.42 Å². The summed E-state index contributed by atoms with van der Waals surface area (Å²) in [4.78, 5) is 4.58. The normalized spacial score (nSPS) is 21.6. The van der Waals surface area contributed by atoms with Crippen molar-refractivity contribution in [1.29, 1.82) is 0 Å². The van der Waals surface area contributed by atoms with Crippen LogP contribution in [0.25, 0.3) is 0 Å². The molecule has 0 aliphatic heterocycles. The van der Waals surface area contributed by atoms with Crippen molar-refractivity contribution >= 4 is 0 Å². The minimum absolute atomic E-state index is 0.213. The maximum Gasteiger partial charge on any atom is 0.0481 e. The second-order valence-corrected chi connectivity index (χ2v) is 4.99. The Hall–Kier alpha value is -0.930. The Kier molecular flexibility index (Phi) is 4.51. The zero-order valence-electron chi connectivity index (χ0n) is 10.4. The Labute approximate surface area is 104 Å². The fourth-order valence-corrected chi connectivity index (χ4v) is 2.78. The van der Waals surface area contributed by atoms with Gasteiger partial charge in [-0.3, -0.25) is 4.98 Å². The van der Waals surface area contributed by atoms with Crippen LogP contribution in [0.5, 0.6) is 0 Å². The van der Waals surface area contributed by atoms with E-state index < -0.39 is 0 Å². The van der Waals surface area contributed by atoms with Crippen LogP contribution in [0.15, 0.2) is 18.3 Å². The summed E-state index contributed by atoms with van der Waals surface area (Å²) in [5.74, 6) is 0.431. The van der Waals surface area contributed by atoms with E-state index in [1.807, 2.05) is 12.3 Å². The minimum atomic E-state index is 0.213. The minimum Gasteiger partial charge on any atom is -0.330 e. The van der Waals surface area contributed by atoms with Crippen LogP contribution in [0, 0.1) is 0 Å². The van der Waals surface area contributed by atoms with Crippen LogP contribution < -0.4 is 11.5 Å². The molecule has 0 aromatic carbocycles. The van der Waals surface area contributed by atoms with E-state index in [1.165, 1.54) is 30.5 Å². The first-order valence-electron chi connectivity index (χ1n) is 6.72. The summed E-state index contributed by atoms with van der Waals surface area (Å²) in [5, 5.41) is 0. The van der Waals surface area contributed by atoms with Crippen LogP contribution in [-0.4, -0.2) is 17.6 Å². The number of hydrogen-bond donors (Lipinski definition) is 2. The zero-order valence-corrected chi connectivity index (χ0v) is 10.4. The van der Waals surface area contributed by atoms with Crippen molar-refractivity contribution in [3.8, 4) is 0 Å². The fourth-order valence-electron chi connectivity index (χ4n) is 2.78. The van der Waals surface area contributed by atoms with Crippen molar-refractivity contribution in [1.82, 2.24) is 4.98 Å². The van der Waals surface area contributed by atoms with Crippen molar-refractivity contribution in [2.45, 2.75) is 50.5 Å². The fraction of sp³-hybridized carbons (Fsp3) is 0.643. The van der Waals surface area contributed by atoms with Gasteiger partial charge in [0.05, 0.1) is 0 Å². The van der Waals surface area contributed by atoms with E-state index in [4.69, 9.17) is 11.5 Å². The predicted octanol–water partition coefficient (Wildman–Crippen LogP) is 1.96. The lowest BCUT2D eigenvalue weighted by molar-refractivity contribution is 0.450. The smallest absolute Gasteiger partial charge is 0.0481 e. The van der Waals surface area contributed by atoms with Gasteiger partial charge in [0.1, 0.15) is 0 Å². The van der Waals surface area contributed by atoms with E-state index in [2.05, 4.69) is 11.1 Å². The molecular weight excluding hydrogens is 210 g/mol. The van der Waals surface area contributed by atoms with Crippen LogP contribution in [0.4, 0.5) is 0 Å². The largest absolute Gasteiger partial charge is 0.330 e. The van der Waals surface area contributed by atoms with Gasteiger partial charge in [0.15, 0.2) is 0 Å². The van der Waals surface area contributed by atoms with Gasteiger partial charge in [0.25, 0.3) is 0 Å². The molecule has 3 nitrogen and oxygen atoms in total. The maximum atomic E-state index is 6.32. The Balaban J connectivity index is 2.16. The average molecular weight is 233 g/mol. The monoisotopic (exact) mass is 233 g/mol. The topological polar surface area (TPSA) is 64.9 Å². The summed E-state index contributed by atoms with van der Waals surface area (Å²) < 4.78 is 0. The molecule has 0 saturated carbocycles. The molecule has 2 atom stereocenters. The summed E-state index contributed by atoms with van der Waals surface area (Å²) in [6.45, 7) is 0.732. The van der Waals surface area contributed by atoms with Crippen molar-refractivity contribution < 1.29 is 0 Å². The van der Waals surface area contributed by atoms with Gasteiger partial charge < -0.3 is 11.5 Å². The van der Waals surface area contributed by atoms with E-state index in [1.54, 1.807) is 0 Å². The van der Waals surface area contributed by atoms with E-state index in [0.717, 1.165) is 25.8 Å². The number of nitrogens with two attached hydrogens (primary N) is 2. The molecule has 0 bridgehead atoms. The molecule has 0 spiro atoms. The van der Waals surface area contributed by atoms with Gasteiger partial charge in [0.2, 0.25) is 0 Å². The molecule has 1 heterocycles. The molecule has 0 radical (unpaired) electrons. The SMILES string of the molecule is NCCCC(N)C1CCCCc2cccnc21. The number of nitrogens with zero attached hydrogens (tertiary/aromatic N) is 1.